The van der Waals surface area contributed by atoms with Gasteiger partial charge < -0.3 is 4.74 Å². The average molecular weight is 266 g/mol. The van der Waals surface area contributed by atoms with Crippen LogP contribution in [-0.4, -0.2) is 18.4 Å². The van der Waals surface area contributed by atoms with E-state index in [4.69, 9.17) is 21.6 Å². The molecule has 0 aliphatic carbocycles. The SMILES string of the molecule is CCOC(=O)c1cccc(C#N)c1C(Cl)C(C)=O. The van der Waals surface area contributed by atoms with Gasteiger partial charge in [0.25, 0.3) is 0 Å². The number of ether oxygens (including phenoxy) is 1. The summed E-state index contributed by atoms with van der Waals surface area (Å²) in [5.74, 6) is -0.915. The van der Waals surface area contributed by atoms with Crippen LogP contribution in [-0.2, 0) is 9.53 Å². The lowest BCUT2D eigenvalue weighted by Gasteiger charge is -2.13. The number of benzene rings is 1. The van der Waals surface area contributed by atoms with Crippen LogP contribution in [0.2, 0.25) is 0 Å². The molecule has 1 aromatic carbocycles. The Morgan fingerprint density at radius 1 is 1.50 bits per heavy atom. The number of carbonyl (C=O) groups excluding carboxylic acids is 2. The summed E-state index contributed by atoms with van der Waals surface area (Å²) in [4.78, 5) is 23.1. The molecule has 1 unspecified atom stereocenters. The number of nitriles is 1. The number of esters is 1. The molecule has 0 aliphatic heterocycles. The minimum atomic E-state index is -1.03. The number of carbonyl (C=O) groups is 2. The van der Waals surface area contributed by atoms with Crippen molar-refractivity contribution in [3.05, 3.63) is 34.9 Å². The molecule has 94 valence electrons. The lowest BCUT2D eigenvalue weighted by Crippen LogP contribution is -2.13. The van der Waals surface area contributed by atoms with Crippen molar-refractivity contribution < 1.29 is 14.3 Å². The minimum Gasteiger partial charge on any atom is -0.462 e. The number of nitrogens with zero attached hydrogens (tertiary/aromatic N) is 1. The predicted molar refractivity (Wildman–Crippen MR) is 66.4 cm³/mol. The molecule has 4 nitrogen and oxygen atoms in total. The van der Waals surface area contributed by atoms with Crippen molar-refractivity contribution in [2.75, 3.05) is 6.61 Å². The smallest absolute Gasteiger partial charge is 0.338 e. The summed E-state index contributed by atoms with van der Waals surface area (Å²) in [6.07, 6.45) is 0. The Balaban J connectivity index is 3.39. The van der Waals surface area contributed by atoms with Crippen LogP contribution < -0.4 is 0 Å². The highest BCUT2D eigenvalue weighted by Crippen LogP contribution is 2.28. The highest BCUT2D eigenvalue weighted by atomic mass is 35.5. The first-order valence-electron chi connectivity index (χ1n) is 5.37. The van der Waals surface area contributed by atoms with Crippen molar-refractivity contribution in [3.8, 4) is 6.07 Å². The third-order valence-corrected chi connectivity index (χ3v) is 2.86. The zero-order chi connectivity index (χ0) is 13.7. The number of hydrogen-bond donors (Lipinski definition) is 0. The third kappa shape index (κ3) is 2.88. The molecular weight excluding hydrogens is 254 g/mol. The van der Waals surface area contributed by atoms with E-state index >= 15 is 0 Å². The summed E-state index contributed by atoms with van der Waals surface area (Å²) in [6.45, 7) is 3.19. The van der Waals surface area contributed by atoms with Gasteiger partial charge in [-0.15, -0.1) is 11.6 Å². The molecule has 0 radical (unpaired) electrons. The van der Waals surface area contributed by atoms with Crippen LogP contribution in [0.4, 0.5) is 0 Å². The molecule has 5 heteroatoms. The zero-order valence-electron chi connectivity index (χ0n) is 10.1. The van der Waals surface area contributed by atoms with E-state index in [2.05, 4.69) is 0 Å². The van der Waals surface area contributed by atoms with Crippen LogP contribution in [0.15, 0.2) is 18.2 Å². The Morgan fingerprint density at radius 3 is 2.67 bits per heavy atom. The number of ketones is 1. The maximum absolute atomic E-state index is 11.8. The molecule has 0 fully saturated rings. The second-order valence-corrected chi connectivity index (χ2v) is 4.01. The molecule has 0 saturated heterocycles. The molecule has 0 heterocycles. The molecule has 0 N–H and O–H groups in total. The lowest BCUT2D eigenvalue weighted by molar-refractivity contribution is -0.116. The van der Waals surface area contributed by atoms with Crippen LogP contribution in [0.3, 0.4) is 0 Å². The highest BCUT2D eigenvalue weighted by molar-refractivity contribution is 6.31. The molecule has 1 atom stereocenters. The number of halogens is 1. The van der Waals surface area contributed by atoms with Crippen LogP contribution in [0.5, 0.6) is 0 Å². The van der Waals surface area contributed by atoms with Gasteiger partial charge in [-0.1, -0.05) is 6.07 Å². The van der Waals surface area contributed by atoms with E-state index in [-0.39, 0.29) is 29.1 Å². The fourth-order valence-electron chi connectivity index (χ4n) is 1.53. The zero-order valence-corrected chi connectivity index (χ0v) is 10.8. The first kappa shape index (κ1) is 14.2. The summed E-state index contributed by atoms with van der Waals surface area (Å²) >= 11 is 5.97. The maximum Gasteiger partial charge on any atom is 0.338 e. The van der Waals surface area contributed by atoms with Gasteiger partial charge in [0.05, 0.1) is 23.8 Å². The first-order chi connectivity index (χ1) is 8.52. The van der Waals surface area contributed by atoms with E-state index in [1.54, 1.807) is 13.0 Å². The standard InChI is InChI=1S/C13H12ClNO3/c1-3-18-13(17)10-6-4-5-9(7-15)11(10)12(14)8(2)16/h4-6,12H,3H2,1-2H3. The van der Waals surface area contributed by atoms with Crippen LogP contribution in [0.1, 0.15) is 40.7 Å². The Bertz CT molecular complexity index is 519. The quantitative estimate of drug-likeness (QED) is 0.620. The van der Waals surface area contributed by atoms with Crippen molar-refractivity contribution in [2.24, 2.45) is 0 Å². The summed E-state index contributed by atoms with van der Waals surface area (Å²) in [6, 6.07) is 6.48. The third-order valence-electron chi connectivity index (χ3n) is 2.33. The van der Waals surface area contributed by atoms with Gasteiger partial charge in [-0.3, -0.25) is 4.79 Å². The Labute approximate surface area is 110 Å². The van der Waals surface area contributed by atoms with Gasteiger partial charge in [0.1, 0.15) is 5.38 Å². The van der Waals surface area contributed by atoms with Gasteiger partial charge in [-0.05, 0) is 26.0 Å². The number of rotatable bonds is 4. The topological polar surface area (TPSA) is 67.2 Å². The molecule has 1 aromatic rings. The van der Waals surface area contributed by atoms with E-state index in [1.807, 2.05) is 6.07 Å². The molecule has 0 saturated carbocycles. The summed E-state index contributed by atoms with van der Waals surface area (Å²) in [5, 5.41) is 7.99. The molecule has 0 aliphatic rings. The Hall–Kier alpha value is -1.86. The van der Waals surface area contributed by atoms with Crippen molar-refractivity contribution >= 4 is 23.4 Å². The van der Waals surface area contributed by atoms with Crippen molar-refractivity contribution in [1.82, 2.24) is 0 Å². The second kappa shape index (κ2) is 6.18. The van der Waals surface area contributed by atoms with Gasteiger partial charge >= 0.3 is 5.97 Å². The minimum absolute atomic E-state index is 0.158. The van der Waals surface area contributed by atoms with E-state index < -0.39 is 11.3 Å². The van der Waals surface area contributed by atoms with Gasteiger partial charge in [-0.2, -0.15) is 5.26 Å². The average Bonchev–Trinajstić information content (AvgIpc) is 2.37. The largest absolute Gasteiger partial charge is 0.462 e. The fourth-order valence-corrected chi connectivity index (χ4v) is 1.76. The van der Waals surface area contributed by atoms with Gasteiger partial charge in [0.2, 0.25) is 0 Å². The van der Waals surface area contributed by atoms with E-state index in [9.17, 15) is 9.59 Å². The van der Waals surface area contributed by atoms with Crippen LogP contribution in [0.25, 0.3) is 0 Å². The summed E-state index contributed by atoms with van der Waals surface area (Å²) in [5.41, 5.74) is 0.578. The van der Waals surface area contributed by atoms with Crippen molar-refractivity contribution in [2.45, 2.75) is 19.2 Å². The van der Waals surface area contributed by atoms with E-state index in [0.717, 1.165) is 0 Å². The van der Waals surface area contributed by atoms with Crippen molar-refractivity contribution in [1.29, 1.82) is 5.26 Å². The number of alkyl halides is 1. The summed E-state index contributed by atoms with van der Waals surface area (Å²) < 4.78 is 4.88. The van der Waals surface area contributed by atoms with Gasteiger partial charge in [0, 0.05) is 5.56 Å². The van der Waals surface area contributed by atoms with E-state index in [1.165, 1.54) is 19.1 Å². The normalized spacial score (nSPS) is 11.4. The van der Waals surface area contributed by atoms with Gasteiger partial charge in [0.15, 0.2) is 5.78 Å². The van der Waals surface area contributed by atoms with Crippen molar-refractivity contribution in [3.63, 3.8) is 0 Å². The molecule has 1 rings (SSSR count). The summed E-state index contributed by atoms with van der Waals surface area (Å²) in [7, 11) is 0. The molecule has 0 amide bonds. The highest BCUT2D eigenvalue weighted by Gasteiger charge is 2.24. The molecule has 0 spiro atoms. The molecule has 18 heavy (non-hydrogen) atoms. The fraction of sp³-hybridized carbons (Fsp3) is 0.308. The Morgan fingerprint density at radius 2 is 2.17 bits per heavy atom. The first-order valence-corrected chi connectivity index (χ1v) is 5.81. The lowest BCUT2D eigenvalue weighted by atomic mass is 9.97. The molecular formula is C13H12ClNO3. The maximum atomic E-state index is 11.8. The predicted octanol–water partition coefficient (Wildman–Crippen LogP) is 2.60. The monoisotopic (exact) mass is 265 g/mol. The number of hydrogen-bond acceptors (Lipinski definition) is 4. The Kier molecular flexibility index (Phi) is 4.87. The number of Topliss-reactive ketones (excluding diaryl/α,β-unsaturated/α-hetero) is 1. The van der Waals surface area contributed by atoms with Gasteiger partial charge in [-0.25, -0.2) is 4.79 Å². The molecule has 0 aromatic heterocycles. The second-order valence-electron chi connectivity index (χ2n) is 3.57. The van der Waals surface area contributed by atoms with Crippen LogP contribution >= 0.6 is 11.6 Å². The van der Waals surface area contributed by atoms with E-state index in [0.29, 0.717) is 0 Å². The van der Waals surface area contributed by atoms with Crippen LogP contribution in [0, 0.1) is 11.3 Å². The molecule has 0 bridgehead atoms.